The smallest absolute Gasteiger partial charge is 0.254 e. The van der Waals surface area contributed by atoms with E-state index >= 15 is 0 Å². The molecule has 0 spiro atoms. The number of rotatable bonds is 5. The number of imidazole rings is 1. The number of fused-ring (bicyclic) bond motifs is 3. The minimum atomic E-state index is 0.0970. The number of nitrogens with zero attached hydrogens (tertiary/aromatic N) is 5. The van der Waals surface area contributed by atoms with Gasteiger partial charge in [0.25, 0.3) is 5.91 Å². The fourth-order valence-electron chi connectivity index (χ4n) is 6.63. The van der Waals surface area contributed by atoms with Crippen molar-refractivity contribution in [2.24, 2.45) is 24.8 Å². The van der Waals surface area contributed by atoms with E-state index in [0.29, 0.717) is 23.1 Å². The van der Waals surface area contributed by atoms with E-state index in [0.717, 1.165) is 65.6 Å². The highest BCUT2D eigenvalue weighted by Gasteiger charge is 2.35. The molecule has 0 unspecified atom stereocenters. The zero-order valence-electron chi connectivity index (χ0n) is 21.1. The van der Waals surface area contributed by atoms with Crippen molar-refractivity contribution in [3.63, 3.8) is 0 Å². The van der Waals surface area contributed by atoms with Gasteiger partial charge in [-0.25, -0.2) is 9.97 Å². The molecule has 2 saturated carbocycles. The number of methoxy groups -OCH3 is 1. The molecule has 4 heterocycles. The maximum atomic E-state index is 13.6. The molecule has 2 aliphatic carbocycles. The Morgan fingerprint density at radius 3 is 2.81 bits per heavy atom. The number of pyridine rings is 1. The SMILES string of the molecule is COc1cc(C(=O)N2CC[C@H]3CCC[C@H]3C2)cc2nc(-c3cc4cccnc4n3CC3CC3)n(C)c12. The Balaban J connectivity index is 1.30. The summed E-state index contributed by atoms with van der Waals surface area (Å²) in [5.74, 6) is 3.84. The number of likely N-dealkylation sites (tertiary alicyclic amines) is 1. The number of aromatic nitrogens is 4. The van der Waals surface area contributed by atoms with E-state index in [2.05, 4.69) is 31.2 Å². The molecule has 3 fully saturated rings. The highest BCUT2D eigenvalue weighted by atomic mass is 16.5. The van der Waals surface area contributed by atoms with Crippen LogP contribution in [0.15, 0.2) is 36.5 Å². The quantitative estimate of drug-likeness (QED) is 0.388. The highest BCUT2D eigenvalue weighted by molar-refractivity contribution is 6.00. The van der Waals surface area contributed by atoms with E-state index in [-0.39, 0.29) is 5.91 Å². The Hall–Kier alpha value is -3.35. The second-order valence-corrected chi connectivity index (χ2v) is 11.0. The van der Waals surface area contributed by atoms with Crippen molar-refractivity contribution in [2.45, 2.75) is 45.1 Å². The number of amides is 1. The molecule has 4 aromatic rings. The number of carbonyl (C=O) groups excluding carboxylic acids is 1. The highest BCUT2D eigenvalue weighted by Crippen LogP contribution is 2.39. The van der Waals surface area contributed by atoms with Gasteiger partial charge in [0.2, 0.25) is 0 Å². The monoisotopic (exact) mass is 483 g/mol. The van der Waals surface area contributed by atoms with Gasteiger partial charge in [-0.05, 0) is 73.8 Å². The van der Waals surface area contributed by atoms with Gasteiger partial charge >= 0.3 is 0 Å². The predicted molar refractivity (Wildman–Crippen MR) is 140 cm³/mol. The van der Waals surface area contributed by atoms with Crippen LogP contribution in [-0.4, -0.2) is 50.1 Å². The van der Waals surface area contributed by atoms with Crippen molar-refractivity contribution >= 4 is 28.0 Å². The van der Waals surface area contributed by atoms with Crippen LogP contribution < -0.4 is 4.74 Å². The summed E-state index contributed by atoms with van der Waals surface area (Å²) in [6.07, 6.45) is 9.42. The number of aryl methyl sites for hydroxylation is 1. The second-order valence-electron chi connectivity index (χ2n) is 11.0. The average Bonchev–Trinajstić information content (AvgIpc) is 3.32. The van der Waals surface area contributed by atoms with Gasteiger partial charge in [-0.1, -0.05) is 12.8 Å². The van der Waals surface area contributed by atoms with Crippen LogP contribution in [0.3, 0.4) is 0 Å². The van der Waals surface area contributed by atoms with E-state index in [1.165, 1.54) is 32.1 Å². The van der Waals surface area contributed by atoms with Crippen LogP contribution in [0.5, 0.6) is 5.75 Å². The first kappa shape index (κ1) is 21.9. The predicted octanol–water partition coefficient (Wildman–Crippen LogP) is 5.27. The summed E-state index contributed by atoms with van der Waals surface area (Å²) >= 11 is 0. The van der Waals surface area contributed by atoms with Gasteiger partial charge in [0, 0.05) is 43.8 Å². The van der Waals surface area contributed by atoms with Crippen molar-refractivity contribution < 1.29 is 9.53 Å². The normalized spacial score (nSPS) is 21.9. The summed E-state index contributed by atoms with van der Waals surface area (Å²) in [5.41, 5.74) is 4.44. The van der Waals surface area contributed by atoms with Gasteiger partial charge in [-0.15, -0.1) is 0 Å². The third-order valence-corrected chi connectivity index (χ3v) is 8.75. The van der Waals surface area contributed by atoms with E-state index < -0.39 is 0 Å². The number of hydrogen-bond acceptors (Lipinski definition) is 4. The first-order valence-electron chi connectivity index (χ1n) is 13.4. The van der Waals surface area contributed by atoms with Crippen molar-refractivity contribution in [1.29, 1.82) is 0 Å². The fourth-order valence-corrected chi connectivity index (χ4v) is 6.63. The Kier molecular flexibility index (Phi) is 5.08. The van der Waals surface area contributed by atoms with Gasteiger partial charge in [-0.3, -0.25) is 4.79 Å². The van der Waals surface area contributed by atoms with Crippen molar-refractivity contribution in [2.75, 3.05) is 20.2 Å². The van der Waals surface area contributed by atoms with Gasteiger partial charge < -0.3 is 18.8 Å². The molecule has 7 rings (SSSR count). The molecule has 186 valence electrons. The molecule has 1 aromatic carbocycles. The standard InChI is InChI=1S/C29H33N5O2/c1-32-26-23(31-28(32)24-14-20-7-4-11-30-27(20)34(24)16-18-8-9-18)13-22(15-25(26)36-2)29(35)33-12-10-19-5-3-6-21(19)17-33/h4,7,11,13-15,18-19,21H,3,5-6,8-10,12,16-17H2,1-2H3/t19-,21+/m1/s1. The van der Waals surface area contributed by atoms with E-state index in [9.17, 15) is 4.79 Å². The van der Waals surface area contributed by atoms with Crippen LogP contribution in [0.1, 0.15) is 48.9 Å². The Morgan fingerprint density at radius 2 is 1.97 bits per heavy atom. The van der Waals surface area contributed by atoms with Gasteiger partial charge in [0.15, 0.2) is 5.82 Å². The molecule has 1 amide bonds. The minimum absolute atomic E-state index is 0.0970. The molecule has 1 aliphatic heterocycles. The number of hydrogen-bond donors (Lipinski definition) is 0. The van der Waals surface area contributed by atoms with Crippen LogP contribution in [0.2, 0.25) is 0 Å². The molecule has 0 bridgehead atoms. The molecule has 3 aliphatic rings. The van der Waals surface area contributed by atoms with Crippen molar-refractivity contribution in [1.82, 2.24) is 24.0 Å². The van der Waals surface area contributed by atoms with Gasteiger partial charge in [0.05, 0.1) is 18.3 Å². The van der Waals surface area contributed by atoms with Gasteiger partial charge in [0.1, 0.15) is 16.9 Å². The summed E-state index contributed by atoms with van der Waals surface area (Å²) in [6.45, 7) is 2.69. The summed E-state index contributed by atoms with van der Waals surface area (Å²) in [6, 6.07) is 10.1. The fraction of sp³-hybridized carbons (Fsp3) is 0.483. The molecular formula is C29H33N5O2. The molecule has 36 heavy (non-hydrogen) atoms. The first-order chi connectivity index (χ1) is 17.6. The molecule has 7 nitrogen and oxygen atoms in total. The van der Waals surface area contributed by atoms with Crippen LogP contribution >= 0.6 is 0 Å². The summed E-state index contributed by atoms with van der Waals surface area (Å²) in [4.78, 5) is 25.4. The lowest BCUT2D eigenvalue weighted by molar-refractivity contribution is 0.0627. The molecule has 0 N–H and O–H groups in total. The molecule has 7 heteroatoms. The molecule has 0 radical (unpaired) electrons. The topological polar surface area (TPSA) is 65.2 Å². The van der Waals surface area contributed by atoms with Crippen LogP contribution in [0, 0.1) is 17.8 Å². The van der Waals surface area contributed by atoms with Crippen molar-refractivity contribution in [3.05, 3.63) is 42.1 Å². The summed E-state index contributed by atoms with van der Waals surface area (Å²) in [7, 11) is 3.71. The maximum absolute atomic E-state index is 13.6. The number of piperidine rings is 1. The lowest BCUT2D eigenvalue weighted by atomic mass is 9.88. The molecule has 3 aromatic heterocycles. The molecule has 1 saturated heterocycles. The Bertz CT molecular complexity index is 1480. The average molecular weight is 484 g/mol. The van der Waals surface area contributed by atoms with E-state index in [1.807, 2.05) is 31.4 Å². The largest absolute Gasteiger partial charge is 0.494 e. The van der Waals surface area contributed by atoms with Crippen LogP contribution in [0.25, 0.3) is 33.6 Å². The van der Waals surface area contributed by atoms with Crippen LogP contribution in [-0.2, 0) is 13.6 Å². The maximum Gasteiger partial charge on any atom is 0.254 e. The van der Waals surface area contributed by atoms with Crippen LogP contribution in [0.4, 0.5) is 0 Å². The zero-order chi connectivity index (χ0) is 24.4. The van der Waals surface area contributed by atoms with Crippen molar-refractivity contribution in [3.8, 4) is 17.3 Å². The van der Waals surface area contributed by atoms with E-state index in [4.69, 9.17) is 9.72 Å². The second kappa shape index (κ2) is 8.36. The number of carbonyl (C=O) groups is 1. The zero-order valence-corrected chi connectivity index (χ0v) is 21.1. The lowest BCUT2D eigenvalue weighted by Crippen LogP contribution is -2.42. The number of ether oxygens (including phenoxy) is 1. The minimum Gasteiger partial charge on any atom is -0.494 e. The lowest BCUT2D eigenvalue weighted by Gasteiger charge is -2.35. The molecular weight excluding hydrogens is 450 g/mol. The first-order valence-corrected chi connectivity index (χ1v) is 13.4. The summed E-state index contributed by atoms with van der Waals surface area (Å²) < 4.78 is 10.2. The molecule has 2 atom stereocenters. The number of benzene rings is 1. The Morgan fingerprint density at radius 1 is 1.11 bits per heavy atom. The van der Waals surface area contributed by atoms with Gasteiger partial charge in [-0.2, -0.15) is 0 Å². The third-order valence-electron chi connectivity index (χ3n) is 8.75. The summed E-state index contributed by atoms with van der Waals surface area (Å²) in [5, 5.41) is 1.12. The Labute approximate surface area is 211 Å². The third kappa shape index (κ3) is 3.51. The van der Waals surface area contributed by atoms with E-state index in [1.54, 1.807) is 7.11 Å².